The van der Waals surface area contributed by atoms with Crippen molar-refractivity contribution in [3.63, 3.8) is 0 Å². The van der Waals surface area contributed by atoms with E-state index in [-0.39, 0.29) is 10.7 Å². The predicted octanol–water partition coefficient (Wildman–Crippen LogP) is 3.30. The monoisotopic (exact) mass is 306 g/mol. The molecule has 1 aliphatic rings. The quantitative estimate of drug-likeness (QED) is 0.880. The molecule has 1 aliphatic heterocycles. The number of amides is 1. The maximum Gasteiger partial charge on any atom is 0.418 e. The zero-order valence-electron chi connectivity index (χ0n) is 10.8. The average molecular weight is 307 g/mol. The van der Waals surface area contributed by atoms with Gasteiger partial charge in [-0.25, -0.2) is 0 Å². The SMILES string of the molecule is CC1(C(=O)Nc2ccc(Cl)cc2C(F)(F)F)CCNC1. The van der Waals surface area contributed by atoms with Gasteiger partial charge in [-0.2, -0.15) is 13.2 Å². The molecule has 0 spiro atoms. The van der Waals surface area contributed by atoms with E-state index in [4.69, 9.17) is 11.6 Å². The molecule has 3 nitrogen and oxygen atoms in total. The van der Waals surface area contributed by atoms with Crippen LogP contribution in [0.3, 0.4) is 0 Å². The normalized spacial score (nSPS) is 22.9. The van der Waals surface area contributed by atoms with E-state index in [9.17, 15) is 18.0 Å². The molecule has 2 N–H and O–H groups in total. The molecule has 1 aromatic rings. The lowest BCUT2D eigenvalue weighted by atomic mass is 9.88. The van der Waals surface area contributed by atoms with Crippen molar-refractivity contribution in [1.29, 1.82) is 0 Å². The first-order valence-corrected chi connectivity index (χ1v) is 6.49. The Balaban J connectivity index is 2.27. The van der Waals surface area contributed by atoms with E-state index >= 15 is 0 Å². The molecule has 1 saturated heterocycles. The molecule has 1 aromatic carbocycles. The first-order valence-electron chi connectivity index (χ1n) is 6.11. The highest BCUT2D eigenvalue weighted by Gasteiger charge is 2.39. The zero-order chi connectivity index (χ0) is 15.0. The Hall–Kier alpha value is -1.27. The zero-order valence-corrected chi connectivity index (χ0v) is 11.5. The Morgan fingerprint density at radius 3 is 2.70 bits per heavy atom. The van der Waals surface area contributed by atoms with Crippen LogP contribution in [0.5, 0.6) is 0 Å². The van der Waals surface area contributed by atoms with E-state index < -0.39 is 23.1 Å². The smallest absolute Gasteiger partial charge is 0.325 e. The molecule has 1 atom stereocenters. The summed E-state index contributed by atoms with van der Waals surface area (Å²) in [6.45, 7) is 2.86. The molecule has 7 heteroatoms. The fourth-order valence-electron chi connectivity index (χ4n) is 2.14. The van der Waals surface area contributed by atoms with Gasteiger partial charge in [0.2, 0.25) is 5.91 Å². The van der Waals surface area contributed by atoms with E-state index in [1.54, 1.807) is 6.92 Å². The largest absolute Gasteiger partial charge is 0.418 e. The van der Waals surface area contributed by atoms with Crippen molar-refractivity contribution < 1.29 is 18.0 Å². The second-order valence-corrected chi connectivity index (χ2v) is 5.57. The summed E-state index contributed by atoms with van der Waals surface area (Å²) in [6.07, 6.45) is -3.98. The predicted molar refractivity (Wildman–Crippen MR) is 70.7 cm³/mol. The van der Waals surface area contributed by atoms with Gasteiger partial charge in [-0.1, -0.05) is 11.6 Å². The molecular formula is C13H14ClF3N2O. The number of carbonyl (C=O) groups excluding carboxylic acids is 1. The first kappa shape index (κ1) is 15.1. The third-order valence-electron chi connectivity index (χ3n) is 3.45. The van der Waals surface area contributed by atoms with Gasteiger partial charge in [-0.15, -0.1) is 0 Å². The maximum absolute atomic E-state index is 12.9. The molecule has 1 fully saturated rings. The highest BCUT2D eigenvalue weighted by Crippen LogP contribution is 2.37. The molecule has 20 heavy (non-hydrogen) atoms. The van der Waals surface area contributed by atoms with Crippen molar-refractivity contribution in [2.75, 3.05) is 18.4 Å². The van der Waals surface area contributed by atoms with Crippen molar-refractivity contribution in [2.24, 2.45) is 5.41 Å². The highest BCUT2D eigenvalue weighted by molar-refractivity contribution is 6.30. The molecule has 0 aromatic heterocycles. The minimum atomic E-state index is -4.57. The van der Waals surface area contributed by atoms with Crippen LogP contribution in [0.25, 0.3) is 0 Å². The molecule has 1 unspecified atom stereocenters. The van der Waals surface area contributed by atoms with E-state index in [0.717, 1.165) is 6.07 Å². The number of anilines is 1. The van der Waals surface area contributed by atoms with Crippen LogP contribution >= 0.6 is 11.6 Å². The molecule has 0 aliphatic carbocycles. The third kappa shape index (κ3) is 3.07. The molecule has 0 bridgehead atoms. The van der Waals surface area contributed by atoms with Gasteiger partial charge < -0.3 is 10.6 Å². The van der Waals surface area contributed by atoms with Crippen LogP contribution in [0.2, 0.25) is 5.02 Å². The van der Waals surface area contributed by atoms with Gasteiger partial charge in [0.05, 0.1) is 16.7 Å². The van der Waals surface area contributed by atoms with Crippen LogP contribution in [0.15, 0.2) is 18.2 Å². The second-order valence-electron chi connectivity index (χ2n) is 5.13. The summed E-state index contributed by atoms with van der Waals surface area (Å²) in [6, 6.07) is 3.31. The van der Waals surface area contributed by atoms with Gasteiger partial charge in [-0.3, -0.25) is 4.79 Å². The first-order chi connectivity index (χ1) is 9.22. The van der Waals surface area contributed by atoms with E-state index in [0.29, 0.717) is 19.5 Å². The summed E-state index contributed by atoms with van der Waals surface area (Å²) in [4.78, 5) is 12.1. The Labute approximate surface area is 119 Å². The van der Waals surface area contributed by atoms with Crippen molar-refractivity contribution in [2.45, 2.75) is 19.5 Å². The maximum atomic E-state index is 12.9. The summed E-state index contributed by atoms with van der Waals surface area (Å²) in [5.41, 5.74) is -1.89. The van der Waals surface area contributed by atoms with E-state index in [1.165, 1.54) is 12.1 Å². The van der Waals surface area contributed by atoms with Crippen LogP contribution in [0.1, 0.15) is 18.9 Å². The molecule has 1 amide bonds. The van der Waals surface area contributed by atoms with Crippen molar-refractivity contribution in [1.82, 2.24) is 5.32 Å². The summed E-state index contributed by atoms with van der Waals surface area (Å²) in [5, 5.41) is 5.37. The Morgan fingerprint density at radius 1 is 1.45 bits per heavy atom. The van der Waals surface area contributed by atoms with Crippen molar-refractivity contribution in [3.8, 4) is 0 Å². The van der Waals surface area contributed by atoms with Crippen LogP contribution in [0, 0.1) is 5.41 Å². The number of alkyl halides is 3. The number of hydrogen-bond donors (Lipinski definition) is 2. The van der Waals surface area contributed by atoms with Gasteiger partial charge in [0, 0.05) is 11.6 Å². The second kappa shape index (κ2) is 5.26. The summed E-state index contributed by atoms with van der Waals surface area (Å²) in [7, 11) is 0. The lowest BCUT2D eigenvalue weighted by molar-refractivity contribution is -0.137. The third-order valence-corrected chi connectivity index (χ3v) is 3.69. The van der Waals surface area contributed by atoms with Crippen LogP contribution in [-0.4, -0.2) is 19.0 Å². The fourth-order valence-corrected chi connectivity index (χ4v) is 2.32. The van der Waals surface area contributed by atoms with Gasteiger partial charge in [0.15, 0.2) is 0 Å². The number of hydrogen-bond acceptors (Lipinski definition) is 2. The standard InChI is InChI=1S/C13H14ClF3N2O/c1-12(4-5-18-7-12)11(20)19-10-3-2-8(14)6-9(10)13(15,16)17/h2-3,6,18H,4-5,7H2,1H3,(H,19,20). The van der Waals surface area contributed by atoms with E-state index in [2.05, 4.69) is 10.6 Å². The minimum absolute atomic E-state index is 0.0240. The van der Waals surface area contributed by atoms with Gasteiger partial charge in [0.25, 0.3) is 0 Å². The summed E-state index contributed by atoms with van der Waals surface area (Å²) >= 11 is 5.59. The van der Waals surface area contributed by atoms with Gasteiger partial charge >= 0.3 is 6.18 Å². The summed E-state index contributed by atoms with van der Waals surface area (Å²) in [5.74, 6) is -0.421. The lowest BCUT2D eigenvalue weighted by Gasteiger charge is -2.23. The van der Waals surface area contributed by atoms with Crippen molar-refractivity contribution in [3.05, 3.63) is 28.8 Å². The number of halogens is 4. The number of benzene rings is 1. The molecular weight excluding hydrogens is 293 g/mol. The van der Waals surface area contributed by atoms with Gasteiger partial charge in [-0.05, 0) is 38.1 Å². The molecule has 1 heterocycles. The average Bonchev–Trinajstić information content (AvgIpc) is 2.78. The number of carbonyl (C=O) groups is 1. The molecule has 110 valence electrons. The van der Waals surface area contributed by atoms with Crippen LogP contribution in [-0.2, 0) is 11.0 Å². The molecule has 2 rings (SSSR count). The minimum Gasteiger partial charge on any atom is -0.325 e. The highest BCUT2D eigenvalue weighted by atomic mass is 35.5. The number of rotatable bonds is 2. The van der Waals surface area contributed by atoms with Crippen LogP contribution < -0.4 is 10.6 Å². The van der Waals surface area contributed by atoms with Crippen LogP contribution in [0.4, 0.5) is 18.9 Å². The Bertz CT molecular complexity index is 525. The number of nitrogens with one attached hydrogen (secondary N) is 2. The van der Waals surface area contributed by atoms with Crippen molar-refractivity contribution >= 4 is 23.2 Å². The summed E-state index contributed by atoms with van der Waals surface area (Å²) < 4.78 is 38.8. The van der Waals surface area contributed by atoms with Gasteiger partial charge in [0.1, 0.15) is 0 Å². The van der Waals surface area contributed by atoms with E-state index in [1.807, 2.05) is 0 Å². The Kier molecular flexibility index (Phi) is 3.97. The Morgan fingerprint density at radius 2 is 2.15 bits per heavy atom. The fraction of sp³-hybridized carbons (Fsp3) is 0.462. The molecule has 0 radical (unpaired) electrons. The lowest BCUT2D eigenvalue weighted by Crippen LogP contribution is -2.35. The topological polar surface area (TPSA) is 41.1 Å². The molecule has 0 saturated carbocycles.